The SMILES string of the molecule is COc1ccc(C(C)(O)C(F)(F)F)c(OC)c1OC. The zero-order valence-electron chi connectivity index (χ0n) is 11.0. The summed E-state index contributed by atoms with van der Waals surface area (Å²) in [5, 5.41) is 9.72. The van der Waals surface area contributed by atoms with Gasteiger partial charge in [-0.25, -0.2) is 0 Å². The van der Waals surface area contributed by atoms with Gasteiger partial charge < -0.3 is 19.3 Å². The smallest absolute Gasteiger partial charge is 0.421 e. The van der Waals surface area contributed by atoms with Gasteiger partial charge in [0.2, 0.25) is 5.75 Å². The summed E-state index contributed by atoms with van der Waals surface area (Å²) in [4.78, 5) is 0. The van der Waals surface area contributed by atoms with E-state index in [0.717, 1.165) is 6.07 Å². The van der Waals surface area contributed by atoms with Gasteiger partial charge in [-0.15, -0.1) is 0 Å². The van der Waals surface area contributed by atoms with Crippen LogP contribution in [0.1, 0.15) is 12.5 Å². The lowest BCUT2D eigenvalue weighted by atomic mass is 9.93. The molecule has 0 aromatic heterocycles. The average molecular weight is 280 g/mol. The van der Waals surface area contributed by atoms with E-state index in [-0.39, 0.29) is 17.2 Å². The van der Waals surface area contributed by atoms with Crippen molar-refractivity contribution in [1.82, 2.24) is 0 Å². The van der Waals surface area contributed by atoms with Gasteiger partial charge in [0.15, 0.2) is 17.1 Å². The third-order valence-corrected chi connectivity index (χ3v) is 2.78. The van der Waals surface area contributed by atoms with Crippen LogP contribution in [-0.2, 0) is 5.60 Å². The van der Waals surface area contributed by atoms with Crippen LogP contribution in [0.4, 0.5) is 13.2 Å². The average Bonchev–Trinajstić information content (AvgIpc) is 2.35. The van der Waals surface area contributed by atoms with Crippen molar-refractivity contribution in [3.63, 3.8) is 0 Å². The molecule has 0 saturated heterocycles. The van der Waals surface area contributed by atoms with Crippen molar-refractivity contribution in [3.05, 3.63) is 17.7 Å². The molecule has 0 aliphatic carbocycles. The standard InChI is InChI=1S/C12H15F3O4/c1-11(16,12(13,14)15)7-5-6-8(17-2)10(19-4)9(7)18-3/h5-6,16H,1-4H3. The second kappa shape index (κ2) is 5.16. The van der Waals surface area contributed by atoms with E-state index < -0.39 is 17.3 Å². The van der Waals surface area contributed by atoms with Crippen molar-refractivity contribution >= 4 is 0 Å². The predicted octanol–water partition coefficient (Wildman–Crippen LogP) is 2.48. The van der Waals surface area contributed by atoms with Gasteiger partial charge in [0, 0.05) is 5.56 Å². The molecule has 7 heteroatoms. The Morgan fingerprint density at radius 1 is 0.947 bits per heavy atom. The second-order valence-corrected chi connectivity index (χ2v) is 3.95. The molecule has 0 heterocycles. The number of hydrogen-bond acceptors (Lipinski definition) is 4. The van der Waals surface area contributed by atoms with E-state index in [1.807, 2.05) is 0 Å². The first-order valence-corrected chi connectivity index (χ1v) is 5.29. The van der Waals surface area contributed by atoms with Gasteiger partial charge in [-0.05, 0) is 19.1 Å². The normalized spacial score (nSPS) is 14.7. The van der Waals surface area contributed by atoms with E-state index in [4.69, 9.17) is 14.2 Å². The van der Waals surface area contributed by atoms with Crippen LogP contribution in [-0.4, -0.2) is 32.6 Å². The molecule has 1 rings (SSSR count). The molecular formula is C12H15F3O4. The number of rotatable bonds is 4. The summed E-state index contributed by atoms with van der Waals surface area (Å²) < 4.78 is 53.5. The molecule has 0 aliphatic heterocycles. The van der Waals surface area contributed by atoms with E-state index in [1.165, 1.54) is 27.4 Å². The Morgan fingerprint density at radius 3 is 1.84 bits per heavy atom. The minimum absolute atomic E-state index is 0.00738. The van der Waals surface area contributed by atoms with Gasteiger partial charge in [-0.3, -0.25) is 0 Å². The van der Waals surface area contributed by atoms with Crippen LogP contribution in [0, 0.1) is 0 Å². The highest BCUT2D eigenvalue weighted by Gasteiger charge is 2.53. The van der Waals surface area contributed by atoms with Gasteiger partial charge in [-0.2, -0.15) is 13.2 Å². The maximum absolute atomic E-state index is 12.9. The van der Waals surface area contributed by atoms with Crippen molar-refractivity contribution in [3.8, 4) is 17.2 Å². The lowest BCUT2D eigenvalue weighted by Gasteiger charge is -2.29. The van der Waals surface area contributed by atoms with Crippen molar-refractivity contribution < 1.29 is 32.5 Å². The molecule has 19 heavy (non-hydrogen) atoms. The number of alkyl halides is 3. The molecule has 108 valence electrons. The lowest BCUT2D eigenvalue weighted by Crippen LogP contribution is -2.39. The monoisotopic (exact) mass is 280 g/mol. The number of halogens is 3. The van der Waals surface area contributed by atoms with Crippen LogP contribution in [0.15, 0.2) is 12.1 Å². The van der Waals surface area contributed by atoms with E-state index in [0.29, 0.717) is 6.92 Å². The van der Waals surface area contributed by atoms with Crippen LogP contribution < -0.4 is 14.2 Å². The highest BCUT2D eigenvalue weighted by atomic mass is 19.4. The molecule has 1 N–H and O–H groups in total. The first-order chi connectivity index (χ1) is 8.70. The molecule has 0 amide bonds. The van der Waals surface area contributed by atoms with E-state index >= 15 is 0 Å². The van der Waals surface area contributed by atoms with Gasteiger partial charge >= 0.3 is 6.18 Å². The molecule has 1 aromatic carbocycles. The predicted molar refractivity (Wildman–Crippen MR) is 61.7 cm³/mol. The Balaban J connectivity index is 3.54. The van der Waals surface area contributed by atoms with Crippen molar-refractivity contribution in [2.75, 3.05) is 21.3 Å². The van der Waals surface area contributed by atoms with Crippen LogP contribution in [0.5, 0.6) is 17.2 Å². The second-order valence-electron chi connectivity index (χ2n) is 3.95. The Bertz CT molecular complexity index is 455. The number of ether oxygens (including phenoxy) is 3. The molecule has 4 nitrogen and oxygen atoms in total. The summed E-state index contributed by atoms with van der Waals surface area (Å²) in [7, 11) is 3.80. The topological polar surface area (TPSA) is 47.9 Å². The fraction of sp³-hybridized carbons (Fsp3) is 0.500. The highest BCUT2D eigenvalue weighted by Crippen LogP contribution is 2.48. The summed E-state index contributed by atoms with van der Waals surface area (Å²) >= 11 is 0. The number of hydrogen-bond donors (Lipinski definition) is 1. The zero-order valence-corrected chi connectivity index (χ0v) is 11.0. The summed E-state index contributed by atoms with van der Waals surface area (Å²) in [5.74, 6) is -0.0164. The summed E-state index contributed by atoms with van der Waals surface area (Å²) in [6.45, 7) is 0.650. The Hall–Kier alpha value is -1.63. The quantitative estimate of drug-likeness (QED) is 0.920. The summed E-state index contributed by atoms with van der Waals surface area (Å²) in [6.07, 6.45) is -4.85. The van der Waals surface area contributed by atoms with E-state index in [9.17, 15) is 18.3 Å². The minimum Gasteiger partial charge on any atom is -0.493 e. The van der Waals surface area contributed by atoms with Crippen LogP contribution >= 0.6 is 0 Å². The van der Waals surface area contributed by atoms with Crippen molar-refractivity contribution in [2.45, 2.75) is 18.7 Å². The van der Waals surface area contributed by atoms with Crippen molar-refractivity contribution in [2.24, 2.45) is 0 Å². The fourth-order valence-electron chi connectivity index (χ4n) is 1.64. The van der Waals surface area contributed by atoms with Crippen LogP contribution in [0.25, 0.3) is 0 Å². The fourth-order valence-corrected chi connectivity index (χ4v) is 1.64. The molecule has 0 fully saturated rings. The maximum Gasteiger partial charge on any atom is 0.421 e. The largest absolute Gasteiger partial charge is 0.493 e. The molecule has 1 aromatic rings. The van der Waals surface area contributed by atoms with Gasteiger partial charge in [0.25, 0.3) is 0 Å². The van der Waals surface area contributed by atoms with Gasteiger partial charge in [-0.1, -0.05) is 0 Å². The third kappa shape index (κ3) is 2.56. The van der Waals surface area contributed by atoms with Gasteiger partial charge in [0.05, 0.1) is 21.3 Å². The molecule has 1 unspecified atom stereocenters. The lowest BCUT2D eigenvalue weighted by molar-refractivity contribution is -0.259. The number of aliphatic hydroxyl groups is 1. The first kappa shape index (κ1) is 15.4. The maximum atomic E-state index is 12.9. The summed E-state index contributed by atoms with van der Waals surface area (Å²) in [5.41, 5.74) is -3.50. The van der Waals surface area contributed by atoms with E-state index in [1.54, 1.807) is 0 Å². The Labute approximate surface area is 108 Å². The molecule has 0 aliphatic rings. The number of benzene rings is 1. The van der Waals surface area contributed by atoms with Crippen LogP contribution in [0.2, 0.25) is 0 Å². The van der Waals surface area contributed by atoms with Crippen molar-refractivity contribution in [1.29, 1.82) is 0 Å². The molecular weight excluding hydrogens is 265 g/mol. The minimum atomic E-state index is -4.85. The molecule has 0 saturated carbocycles. The Morgan fingerprint density at radius 2 is 1.47 bits per heavy atom. The Kier molecular flexibility index (Phi) is 4.19. The molecule has 0 radical (unpaired) electrons. The van der Waals surface area contributed by atoms with Crippen LogP contribution in [0.3, 0.4) is 0 Å². The molecule has 1 atom stereocenters. The number of methoxy groups -OCH3 is 3. The first-order valence-electron chi connectivity index (χ1n) is 5.29. The molecule has 0 bridgehead atoms. The van der Waals surface area contributed by atoms with E-state index in [2.05, 4.69) is 0 Å². The zero-order chi connectivity index (χ0) is 14.8. The molecule has 0 spiro atoms. The van der Waals surface area contributed by atoms with Gasteiger partial charge in [0.1, 0.15) is 0 Å². The highest BCUT2D eigenvalue weighted by molar-refractivity contribution is 5.57. The third-order valence-electron chi connectivity index (χ3n) is 2.78. The summed E-state index contributed by atoms with van der Waals surface area (Å²) in [6, 6.07) is 2.37.